The number of unbranched alkanes of at least 4 members (excludes halogenated alkanes) is 1. The van der Waals surface area contributed by atoms with Crippen molar-refractivity contribution >= 4 is 0 Å². The summed E-state index contributed by atoms with van der Waals surface area (Å²) in [4.78, 5) is 0. The van der Waals surface area contributed by atoms with Crippen LogP contribution >= 0.6 is 0 Å². The van der Waals surface area contributed by atoms with Gasteiger partial charge in [-0.2, -0.15) is 0 Å². The van der Waals surface area contributed by atoms with E-state index >= 15 is 0 Å². The zero-order chi connectivity index (χ0) is 15.1. The van der Waals surface area contributed by atoms with Crippen LogP contribution in [0.4, 0.5) is 0 Å². The molecule has 2 heteroatoms. The van der Waals surface area contributed by atoms with Crippen LogP contribution in [0.25, 0.3) is 0 Å². The first-order valence-corrected chi connectivity index (χ1v) is 7.79. The normalized spacial score (nSPS) is 10.6. The number of nitrogens with two attached hydrogens (primary N) is 1. The van der Waals surface area contributed by atoms with Crippen LogP contribution in [0.3, 0.4) is 0 Å². The Morgan fingerprint density at radius 3 is 2.43 bits per heavy atom. The van der Waals surface area contributed by atoms with Gasteiger partial charge in [0, 0.05) is 0 Å². The summed E-state index contributed by atoms with van der Waals surface area (Å²) in [6, 6.07) is 14.7. The van der Waals surface area contributed by atoms with Crippen LogP contribution in [0, 0.1) is 6.92 Å². The second-order valence-electron chi connectivity index (χ2n) is 5.50. The van der Waals surface area contributed by atoms with Crippen LogP contribution in [0.2, 0.25) is 0 Å². The Kier molecular flexibility index (Phi) is 5.82. The molecule has 0 aliphatic carbocycles. The minimum atomic E-state index is 0.635. The summed E-state index contributed by atoms with van der Waals surface area (Å²) in [6.07, 6.45) is 4.44. The number of benzene rings is 2. The predicted molar refractivity (Wildman–Crippen MR) is 89.1 cm³/mol. The third kappa shape index (κ3) is 4.61. The molecule has 0 fully saturated rings. The monoisotopic (exact) mass is 283 g/mol. The Morgan fingerprint density at radius 2 is 1.76 bits per heavy atom. The van der Waals surface area contributed by atoms with Crippen LogP contribution in [0.15, 0.2) is 42.5 Å². The van der Waals surface area contributed by atoms with Gasteiger partial charge in [-0.05, 0) is 62.1 Å². The lowest BCUT2D eigenvalue weighted by Gasteiger charge is -2.12. The van der Waals surface area contributed by atoms with Crippen LogP contribution in [-0.4, -0.2) is 6.54 Å². The van der Waals surface area contributed by atoms with Crippen molar-refractivity contribution in [1.82, 2.24) is 0 Å². The maximum Gasteiger partial charge on any atom is 0.130 e. The van der Waals surface area contributed by atoms with Gasteiger partial charge in [0.25, 0.3) is 0 Å². The molecular weight excluding hydrogens is 258 g/mol. The van der Waals surface area contributed by atoms with Gasteiger partial charge in [0.05, 0.1) is 0 Å². The Balaban J connectivity index is 2.10. The van der Waals surface area contributed by atoms with Gasteiger partial charge < -0.3 is 10.5 Å². The van der Waals surface area contributed by atoms with E-state index in [0.717, 1.165) is 24.3 Å². The Morgan fingerprint density at radius 1 is 1.00 bits per heavy atom. The first-order chi connectivity index (χ1) is 10.2. The molecule has 2 nitrogen and oxygen atoms in total. The molecular formula is C19H25NO. The van der Waals surface area contributed by atoms with Gasteiger partial charge in [-0.25, -0.2) is 0 Å². The van der Waals surface area contributed by atoms with Gasteiger partial charge in [0.2, 0.25) is 0 Å². The minimum Gasteiger partial charge on any atom is -0.457 e. The number of ether oxygens (including phenoxy) is 1. The molecule has 112 valence electrons. The van der Waals surface area contributed by atoms with Crippen molar-refractivity contribution in [3.8, 4) is 11.5 Å². The minimum absolute atomic E-state index is 0.635. The largest absolute Gasteiger partial charge is 0.457 e. The fraction of sp³-hybridized carbons (Fsp3) is 0.368. The fourth-order valence-electron chi connectivity index (χ4n) is 2.39. The zero-order valence-electron chi connectivity index (χ0n) is 13.1. The molecule has 0 amide bonds. The van der Waals surface area contributed by atoms with Crippen molar-refractivity contribution in [2.75, 3.05) is 6.54 Å². The fourth-order valence-corrected chi connectivity index (χ4v) is 2.39. The van der Waals surface area contributed by atoms with Gasteiger partial charge >= 0.3 is 0 Å². The van der Waals surface area contributed by atoms with Crippen LogP contribution in [0.1, 0.15) is 36.5 Å². The highest BCUT2D eigenvalue weighted by atomic mass is 16.5. The molecule has 0 saturated heterocycles. The molecule has 2 aromatic carbocycles. The number of hydrogen-bond donors (Lipinski definition) is 1. The average molecular weight is 283 g/mol. The van der Waals surface area contributed by atoms with E-state index in [1.165, 1.54) is 29.5 Å². The van der Waals surface area contributed by atoms with E-state index in [1.807, 2.05) is 6.07 Å². The van der Waals surface area contributed by atoms with Gasteiger partial charge in [-0.1, -0.05) is 43.2 Å². The van der Waals surface area contributed by atoms with Gasteiger partial charge in [0.15, 0.2) is 0 Å². The van der Waals surface area contributed by atoms with Crippen molar-refractivity contribution < 1.29 is 4.74 Å². The summed E-state index contributed by atoms with van der Waals surface area (Å²) >= 11 is 0. The van der Waals surface area contributed by atoms with E-state index in [0.29, 0.717) is 6.54 Å². The Hall–Kier alpha value is -1.80. The highest BCUT2D eigenvalue weighted by molar-refractivity contribution is 5.41. The number of rotatable bonds is 7. The highest BCUT2D eigenvalue weighted by Crippen LogP contribution is 2.27. The molecule has 0 heterocycles. The highest BCUT2D eigenvalue weighted by Gasteiger charge is 2.05. The molecule has 0 spiro atoms. The quantitative estimate of drug-likeness (QED) is 0.804. The number of aryl methyl sites for hydroxylation is 2. The van der Waals surface area contributed by atoms with Crippen molar-refractivity contribution in [2.45, 2.75) is 39.5 Å². The van der Waals surface area contributed by atoms with E-state index in [1.54, 1.807) is 0 Å². The second kappa shape index (κ2) is 7.84. The zero-order valence-corrected chi connectivity index (χ0v) is 13.1. The molecule has 0 aliphatic rings. The molecule has 2 aromatic rings. The van der Waals surface area contributed by atoms with Crippen molar-refractivity contribution in [1.29, 1.82) is 0 Å². The summed E-state index contributed by atoms with van der Waals surface area (Å²) in [5.41, 5.74) is 9.46. The predicted octanol–water partition coefficient (Wildman–Crippen LogP) is 4.63. The SMILES string of the molecule is CCCCc1ccc(Oc2ccc(C)cc2CCN)cc1. The number of hydrogen-bond acceptors (Lipinski definition) is 2. The van der Waals surface area contributed by atoms with Crippen LogP contribution in [0.5, 0.6) is 11.5 Å². The molecule has 0 bridgehead atoms. The Bertz CT molecular complexity index is 560. The lowest BCUT2D eigenvalue weighted by atomic mass is 10.1. The summed E-state index contributed by atoms with van der Waals surface area (Å²) in [5.74, 6) is 1.80. The average Bonchev–Trinajstić information content (AvgIpc) is 2.49. The molecule has 0 atom stereocenters. The van der Waals surface area contributed by atoms with Crippen molar-refractivity contribution in [2.24, 2.45) is 5.73 Å². The summed E-state index contributed by atoms with van der Waals surface area (Å²) < 4.78 is 6.02. The van der Waals surface area contributed by atoms with E-state index in [2.05, 4.69) is 50.2 Å². The lowest BCUT2D eigenvalue weighted by molar-refractivity contribution is 0.476. The standard InChI is InChI=1S/C19H25NO/c1-3-4-5-16-7-9-18(10-8-16)21-19-11-6-15(2)14-17(19)12-13-20/h6-11,14H,3-5,12-13,20H2,1-2H3. The molecule has 0 aromatic heterocycles. The first kappa shape index (κ1) is 15.6. The van der Waals surface area contributed by atoms with Crippen molar-refractivity contribution in [3.63, 3.8) is 0 Å². The molecule has 2 N–H and O–H groups in total. The maximum absolute atomic E-state index is 6.02. The topological polar surface area (TPSA) is 35.2 Å². The van der Waals surface area contributed by atoms with Gasteiger partial charge in [-0.3, -0.25) is 0 Å². The molecule has 0 unspecified atom stereocenters. The van der Waals surface area contributed by atoms with Crippen LogP contribution < -0.4 is 10.5 Å². The third-order valence-corrected chi connectivity index (χ3v) is 3.60. The van der Waals surface area contributed by atoms with Crippen molar-refractivity contribution in [3.05, 3.63) is 59.2 Å². The molecule has 0 saturated carbocycles. The molecule has 0 radical (unpaired) electrons. The lowest BCUT2D eigenvalue weighted by Crippen LogP contribution is -2.04. The second-order valence-corrected chi connectivity index (χ2v) is 5.50. The molecule has 0 aliphatic heterocycles. The van der Waals surface area contributed by atoms with E-state index in [-0.39, 0.29) is 0 Å². The van der Waals surface area contributed by atoms with E-state index in [4.69, 9.17) is 10.5 Å². The third-order valence-electron chi connectivity index (χ3n) is 3.60. The van der Waals surface area contributed by atoms with E-state index < -0.39 is 0 Å². The molecule has 21 heavy (non-hydrogen) atoms. The summed E-state index contributed by atoms with van der Waals surface area (Å²) in [7, 11) is 0. The summed E-state index contributed by atoms with van der Waals surface area (Å²) in [6.45, 7) is 4.94. The Labute approximate surface area is 127 Å². The van der Waals surface area contributed by atoms with E-state index in [9.17, 15) is 0 Å². The molecule has 2 rings (SSSR count). The van der Waals surface area contributed by atoms with Gasteiger partial charge in [0.1, 0.15) is 11.5 Å². The van der Waals surface area contributed by atoms with Gasteiger partial charge in [-0.15, -0.1) is 0 Å². The smallest absolute Gasteiger partial charge is 0.130 e. The van der Waals surface area contributed by atoms with Crippen LogP contribution in [-0.2, 0) is 12.8 Å². The first-order valence-electron chi connectivity index (χ1n) is 7.79. The maximum atomic E-state index is 6.02. The summed E-state index contributed by atoms with van der Waals surface area (Å²) in [5, 5.41) is 0.